The number of rotatable bonds is 8. The number of thiophene rings is 2. The molecule has 2 unspecified atom stereocenters. The van der Waals surface area contributed by atoms with Gasteiger partial charge in [0, 0.05) is 51.3 Å². The van der Waals surface area contributed by atoms with E-state index in [4.69, 9.17) is 0 Å². The van der Waals surface area contributed by atoms with E-state index >= 15 is 17.6 Å². The van der Waals surface area contributed by atoms with E-state index in [9.17, 15) is 17.2 Å². The largest absolute Gasteiger partial charge is 0.380 e. The van der Waals surface area contributed by atoms with E-state index in [2.05, 4.69) is 0 Å². The molecule has 4 aromatic rings. The lowest BCUT2D eigenvalue weighted by Crippen LogP contribution is -2.48. The zero-order valence-corrected chi connectivity index (χ0v) is 27.6. The zero-order chi connectivity index (χ0) is 32.9. The van der Waals surface area contributed by atoms with Crippen molar-refractivity contribution in [3.63, 3.8) is 0 Å². The average molecular weight is 697 g/mol. The van der Waals surface area contributed by atoms with Crippen LogP contribution in [0.5, 0.6) is 0 Å². The van der Waals surface area contributed by atoms with Crippen molar-refractivity contribution in [1.82, 2.24) is 0 Å². The van der Waals surface area contributed by atoms with Gasteiger partial charge >= 0.3 is 17.8 Å². The molecule has 1 aliphatic carbocycles. The fraction of sp³-hybridized carbons (Fsp3) is 0.212. The summed E-state index contributed by atoms with van der Waals surface area (Å²) in [7, 11) is -3.18. The number of allylic oxidation sites excluding steroid dienone is 2. The molecule has 2 aromatic carbocycles. The van der Waals surface area contributed by atoms with E-state index in [1.165, 1.54) is 36.8 Å². The fourth-order valence-electron chi connectivity index (χ4n) is 4.86. The molecule has 1 aliphatic rings. The summed E-state index contributed by atoms with van der Waals surface area (Å²) in [6.07, 6.45) is 2.79. The Labute approximate surface area is 269 Å². The lowest BCUT2D eigenvalue weighted by Gasteiger charge is -2.25. The molecule has 0 N–H and O–H groups in total. The molecule has 45 heavy (non-hydrogen) atoms. The number of aryl methyl sites for hydroxylation is 4. The molecule has 2 nitrogen and oxygen atoms in total. The maximum absolute atomic E-state index is 15.5. The van der Waals surface area contributed by atoms with Crippen LogP contribution in [-0.4, -0.2) is 26.2 Å². The van der Waals surface area contributed by atoms with E-state index in [0.29, 0.717) is 9.79 Å². The highest BCUT2D eigenvalue weighted by molar-refractivity contribution is 7.88. The summed E-state index contributed by atoms with van der Waals surface area (Å²) in [4.78, 5) is 1.81. The van der Waals surface area contributed by atoms with Gasteiger partial charge in [-0.05, 0) is 87.4 Å². The molecule has 0 bridgehead atoms. The van der Waals surface area contributed by atoms with Gasteiger partial charge in [-0.3, -0.25) is 0 Å². The minimum absolute atomic E-state index is 0.123. The first-order valence-electron chi connectivity index (χ1n) is 13.5. The van der Waals surface area contributed by atoms with Crippen LogP contribution < -0.4 is 0 Å². The van der Waals surface area contributed by atoms with Crippen molar-refractivity contribution in [1.29, 1.82) is 0 Å². The van der Waals surface area contributed by atoms with Gasteiger partial charge in [-0.15, -0.1) is 22.7 Å². The summed E-state index contributed by atoms with van der Waals surface area (Å²) in [6, 6.07) is 16.1. The lowest BCUT2D eigenvalue weighted by molar-refractivity contribution is -0.254. The minimum atomic E-state index is -5.70. The third-order valence-electron chi connectivity index (χ3n) is 7.30. The van der Waals surface area contributed by atoms with Crippen LogP contribution in [0, 0.1) is 27.7 Å². The number of benzene rings is 2. The Hall–Kier alpha value is -3.06. The molecule has 2 aromatic heterocycles. The van der Waals surface area contributed by atoms with Gasteiger partial charge in [-0.25, -0.2) is 8.42 Å². The van der Waals surface area contributed by atoms with E-state index in [1.54, 1.807) is 48.5 Å². The maximum atomic E-state index is 15.5. The van der Waals surface area contributed by atoms with Gasteiger partial charge < -0.3 is 0 Å². The van der Waals surface area contributed by atoms with Crippen molar-refractivity contribution in [2.45, 2.75) is 55.3 Å². The average Bonchev–Trinajstić information content (AvgIpc) is 3.56. The Bertz CT molecular complexity index is 1760. The normalized spacial score (nSPS) is 18.7. The van der Waals surface area contributed by atoms with Crippen LogP contribution in [0.4, 0.5) is 26.3 Å². The Morgan fingerprint density at radius 2 is 0.911 bits per heavy atom. The van der Waals surface area contributed by atoms with Crippen LogP contribution in [-0.2, 0) is 21.6 Å². The van der Waals surface area contributed by atoms with Gasteiger partial charge in [0.2, 0.25) is 0 Å². The highest BCUT2D eigenvalue weighted by Gasteiger charge is 2.80. The number of alkyl halides is 6. The fourth-order valence-corrected chi connectivity index (χ4v) is 8.57. The van der Waals surface area contributed by atoms with Crippen molar-refractivity contribution in [3.8, 4) is 0 Å². The number of halogens is 6. The highest BCUT2D eigenvalue weighted by atomic mass is 32.2. The quantitative estimate of drug-likeness (QED) is 0.172. The first-order chi connectivity index (χ1) is 21.0. The molecule has 236 valence electrons. The van der Waals surface area contributed by atoms with E-state index in [1.807, 2.05) is 13.8 Å². The van der Waals surface area contributed by atoms with Crippen LogP contribution in [0.3, 0.4) is 0 Å². The second-order valence-corrected chi connectivity index (χ2v) is 15.8. The SMILES string of the molecule is Cc1ccc(S(=O)/C=C/c2cc(C3=C(c4cc(/C=C/S(=O)c5ccc(C)cc5)sc4C)C(F)(F)C(F)(F)C3(F)F)c(C)s2)cc1. The lowest BCUT2D eigenvalue weighted by atomic mass is 9.95. The molecule has 0 saturated carbocycles. The summed E-state index contributed by atoms with van der Waals surface area (Å²) in [5.74, 6) is -16.1. The van der Waals surface area contributed by atoms with Crippen LogP contribution in [0.1, 0.15) is 41.8 Å². The molecular weight excluding hydrogens is 671 g/mol. The highest BCUT2D eigenvalue weighted by Crippen LogP contribution is 2.65. The molecule has 12 heteroatoms. The van der Waals surface area contributed by atoms with Crippen molar-refractivity contribution in [2.24, 2.45) is 0 Å². The van der Waals surface area contributed by atoms with Gasteiger partial charge in [-0.1, -0.05) is 35.4 Å². The van der Waals surface area contributed by atoms with E-state index < -0.39 is 61.6 Å². The zero-order valence-electron chi connectivity index (χ0n) is 24.3. The molecule has 2 atom stereocenters. The van der Waals surface area contributed by atoms with Crippen LogP contribution in [0.15, 0.2) is 81.3 Å². The second kappa shape index (κ2) is 12.3. The van der Waals surface area contributed by atoms with Gasteiger partial charge in [-0.2, -0.15) is 26.3 Å². The second-order valence-electron chi connectivity index (χ2n) is 10.5. The van der Waals surface area contributed by atoms with Crippen LogP contribution in [0.25, 0.3) is 23.3 Å². The Balaban J connectivity index is 1.56. The van der Waals surface area contributed by atoms with Crippen molar-refractivity contribution in [3.05, 3.63) is 113 Å². The summed E-state index contributed by atoms with van der Waals surface area (Å²) in [5.41, 5.74) is -1.80. The first-order valence-corrected chi connectivity index (χ1v) is 17.5. The number of hydrogen-bond donors (Lipinski definition) is 0. The molecule has 0 saturated heterocycles. The predicted molar refractivity (Wildman–Crippen MR) is 173 cm³/mol. The molecule has 2 heterocycles. The monoisotopic (exact) mass is 696 g/mol. The van der Waals surface area contributed by atoms with Gasteiger partial charge in [0.25, 0.3) is 0 Å². The van der Waals surface area contributed by atoms with E-state index in [0.717, 1.165) is 45.9 Å². The molecule has 0 aliphatic heterocycles. The van der Waals surface area contributed by atoms with Crippen molar-refractivity contribution >= 4 is 67.6 Å². The summed E-state index contributed by atoms with van der Waals surface area (Å²) < 4.78 is 117. The van der Waals surface area contributed by atoms with Crippen LogP contribution >= 0.6 is 22.7 Å². The number of hydrogen-bond acceptors (Lipinski definition) is 4. The third-order valence-corrected chi connectivity index (χ3v) is 11.6. The molecular formula is C33H26F6O2S4. The molecule has 0 fully saturated rings. The Kier molecular flexibility index (Phi) is 9.09. The smallest absolute Gasteiger partial charge is 0.250 e. The molecule has 5 rings (SSSR count). The Morgan fingerprint density at radius 3 is 1.24 bits per heavy atom. The third kappa shape index (κ3) is 6.09. The van der Waals surface area contributed by atoms with Gasteiger partial charge in [0.05, 0.1) is 21.6 Å². The van der Waals surface area contributed by atoms with E-state index in [-0.39, 0.29) is 19.5 Å². The van der Waals surface area contributed by atoms with Crippen molar-refractivity contribution in [2.75, 3.05) is 0 Å². The maximum Gasteiger partial charge on any atom is 0.380 e. The summed E-state index contributed by atoms with van der Waals surface area (Å²) in [6.45, 7) is 6.52. The van der Waals surface area contributed by atoms with Gasteiger partial charge in [0.1, 0.15) is 0 Å². The molecule has 0 amide bonds. The predicted octanol–water partition coefficient (Wildman–Crippen LogP) is 10.4. The standard InChI is InChI=1S/C33H26F6O2S4/c1-19-5-9-25(10-6-19)44(40)15-13-23-17-27(21(3)42-23)29-30(32(36,37)33(38,39)31(29,34)35)28-18-24(43-22(28)4)14-16-45(41)26-11-7-20(2)8-12-26/h5-18H,1-4H3/b15-13+,16-14+. The van der Waals surface area contributed by atoms with Crippen LogP contribution in [0.2, 0.25) is 0 Å². The first kappa shape index (κ1) is 33.3. The minimum Gasteiger partial charge on any atom is -0.250 e. The topological polar surface area (TPSA) is 34.1 Å². The molecule has 0 radical (unpaired) electrons. The van der Waals surface area contributed by atoms with Gasteiger partial charge in [0.15, 0.2) is 0 Å². The summed E-state index contributed by atoms with van der Waals surface area (Å²) in [5, 5.41) is 2.65. The van der Waals surface area contributed by atoms with Crippen molar-refractivity contribution < 1.29 is 34.8 Å². The summed E-state index contributed by atoms with van der Waals surface area (Å²) >= 11 is 1.88. The Morgan fingerprint density at radius 1 is 0.578 bits per heavy atom. The molecule has 0 spiro atoms.